The molecule has 84 valence electrons. The predicted octanol–water partition coefficient (Wildman–Crippen LogP) is 3.84. The molecule has 1 aliphatic rings. The van der Waals surface area contributed by atoms with Crippen LogP contribution in [0, 0.1) is 12.8 Å². The molecule has 1 aromatic rings. The SMILES string of the molecule is Cc1ccc(C(C)(O)CC2CCCC2)s1. The zero-order valence-electron chi connectivity index (χ0n) is 9.62. The molecule has 0 aromatic carbocycles. The van der Waals surface area contributed by atoms with Crippen LogP contribution in [-0.4, -0.2) is 5.11 Å². The minimum absolute atomic E-state index is 0.603. The molecule has 1 nitrogen and oxygen atoms in total. The molecule has 0 spiro atoms. The van der Waals surface area contributed by atoms with Crippen LogP contribution in [0.4, 0.5) is 0 Å². The standard InChI is InChI=1S/C13H20OS/c1-10-7-8-12(15-10)13(2,14)9-11-5-3-4-6-11/h7-8,11,14H,3-6,9H2,1-2H3. The molecule has 1 atom stereocenters. The first-order valence-corrected chi connectivity index (χ1v) is 6.69. The van der Waals surface area contributed by atoms with Crippen molar-refractivity contribution < 1.29 is 5.11 Å². The summed E-state index contributed by atoms with van der Waals surface area (Å²) in [5.41, 5.74) is -0.603. The van der Waals surface area contributed by atoms with E-state index >= 15 is 0 Å². The molecule has 2 heteroatoms. The molecule has 0 radical (unpaired) electrons. The Balaban J connectivity index is 2.05. The van der Waals surface area contributed by atoms with Crippen LogP contribution in [0.2, 0.25) is 0 Å². The van der Waals surface area contributed by atoms with Crippen LogP contribution >= 0.6 is 11.3 Å². The smallest absolute Gasteiger partial charge is 0.0962 e. The summed E-state index contributed by atoms with van der Waals surface area (Å²) in [6.45, 7) is 4.07. The molecule has 15 heavy (non-hydrogen) atoms. The summed E-state index contributed by atoms with van der Waals surface area (Å²) in [5.74, 6) is 0.738. The zero-order valence-corrected chi connectivity index (χ0v) is 10.4. The molecule has 1 saturated carbocycles. The molecule has 1 aliphatic carbocycles. The van der Waals surface area contributed by atoms with Gasteiger partial charge in [-0.3, -0.25) is 0 Å². The van der Waals surface area contributed by atoms with Crippen molar-refractivity contribution in [3.8, 4) is 0 Å². The average Bonchev–Trinajstić information content (AvgIpc) is 2.75. The van der Waals surface area contributed by atoms with E-state index in [0.29, 0.717) is 0 Å². The van der Waals surface area contributed by atoms with Crippen molar-refractivity contribution >= 4 is 11.3 Å². The Hall–Kier alpha value is -0.340. The molecule has 1 heterocycles. The molecule has 0 aliphatic heterocycles. The number of rotatable bonds is 3. The molecule has 1 aromatic heterocycles. The maximum absolute atomic E-state index is 10.5. The van der Waals surface area contributed by atoms with Crippen molar-refractivity contribution in [2.45, 2.75) is 51.6 Å². The molecular formula is C13H20OS. The number of thiophene rings is 1. The van der Waals surface area contributed by atoms with Crippen LogP contribution in [-0.2, 0) is 5.60 Å². The van der Waals surface area contributed by atoms with E-state index in [1.807, 2.05) is 6.92 Å². The summed E-state index contributed by atoms with van der Waals surface area (Å²) in [7, 11) is 0. The zero-order chi connectivity index (χ0) is 10.9. The fourth-order valence-electron chi connectivity index (χ4n) is 2.60. The second-order valence-corrected chi connectivity index (χ2v) is 6.33. The maximum Gasteiger partial charge on any atom is 0.0962 e. The lowest BCUT2D eigenvalue weighted by Gasteiger charge is -2.25. The van der Waals surface area contributed by atoms with Gasteiger partial charge in [-0.25, -0.2) is 0 Å². The summed E-state index contributed by atoms with van der Waals surface area (Å²) in [6, 6.07) is 4.18. The van der Waals surface area contributed by atoms with Crippen molar-refractivity contribution in [2.75, 3.05) is 0 Å². The van der Waals surface area contributed by atoms with Crippen molar-refractivity contribution in [1.29, 1.82) is 0 Å². The van der Waals surface area contributed by atoms with Gasteiger partial charge in [0.25, 0.3) is 0 Å². The Labute approximate surface area is 96.1 Å². The summed E-state index contributed by atoms with van der Waals surface area (Å²) < 4.78 is 0. The Kier molecular flexibility index (Phi) is 3.17. The highest BCUT2D eigenvalue weighted by Gasteiger charge is 2.30. The van der Waals surface area contributed by atoms with Gasteiger partial charge in [-0.05, 0) is 38.3 Å². The van der Waals surface area contributed by atoms with Crippen molar-refractivity contribution in [3.63, 3.8) is 0 Å². The highest BCUT2D eigenvalue weighted by molar-refractivity contribution is 7.12. The van der Waals surface area contributed by atoms with Gasteiger partial charge in [-0.15, -0.1) is 11.3 Å². The Morgan fingerprint density at radius 1 is 1.40 bits per heavy atom. The predicted molar refractivity (Wildman–Crippen MR) is 65.2 cm³/mol. The second kappa shape index (κ2) is 4.26. The molecule has 0 amide bonds. The van der Waals surface area contributed by atoms with E-state index in [2.05, 4.69) is 19.1 Å². The largest absolute Gasteiger partial charge is 0.385 e. The summed E-state index contributed by atoms with van der Waals surface area (Å²) in [4.78, 5) is 2.42. The fourth-order valence-corrected chi connectivity index (χ4v) is 3.52. The van der Waals surface area contributed by atoms with Crippen LogP contribution in [0.3, 0.4) is 0 Å². The topological polar surface area (TPSA) is 20.2 Å². The van der Waals surface area contributed by atoms with E-state index < -0.39 is 5.60 Å². The Bertz CT molecular complexity index is 321. The summed E-state index contributed by atoms with van der Waals surface area (Å²) in [6.07, 6.45) is 6.25. The van der Waals surface area contributed by atoms with Gasteiger partial charge in [0.05, 0.1) is 5.60 Å². The molecule has 0 saturated heterocycles. The number of aryl methyl sites for hydroxylation is 1. The molecule has 1 N–H and O–H groups in total. The highest BCUT2D eigenvalue weighted by Crippen LogP contribution is 2.38. The quantitative estimate of drug-likeness (QED) is 0.827. The monoisotopic (exact) mass is 224 g/mol. The molecule has 1 unspecified atom stereocenters. The number of hydrogen-bond donors (Lipinski definition) is 1. The van der Waals surface area contributed by atoms with E-state index in [-0.39, 0.29) is 0 Å². The lowest BCUT2D eigenvalue weighted by atomic mass is 9.90. The van der Waals surface area contributed by atoms with Crippen LogP contribution in [0.15, 0.2) is 12.1 Å². The van der Waals surface area contributed by atoms with E-state index in [4.69, 9.17) is 0 Å². The molecular weight excluding hydrogens is 204 g/mol. The second-order valence-electron chi connectivity index (χ2n) is 5.04. The minimum Gasteiger partial charge on any atom is -0.385 e. The summed E-state index contributed by atoms with van der Waals surface area (Å²) in [5, 5.41) is 10.5. The highest BCUT2D eigenvalue weighted by atomic mass is 32.1. The van der Waals surface area contributed by atoms with Gasteiger partial charge in [0.2, 0.25) is 0 Å². The first-order valence-electron chi connectivity index (χ1n) is 5.87. The van der Waals surface area contributed by atoms with E-state index in [9.17, 15) is 5.11 Å². The van der Waals surface area contributed by atoms with Gasteiger partial charge in [-0.2, -0.15) is 0 Å². The third-order valence-corrected chi connectivity index (χ3v) is 4.69. The lowest BCUT2D eigenvalue weighted by Crippen LogP contribution is -2.22. The Morgan fingerprint density at radius 3 is 2.60 bits per heavy atom. The van der Waals surface area contributed by atoms with Crippen LogP contribution in [0.1, 0.15) is 48.8 Å². The van der Waals surface area contributed by atoms with Gasteiger partial charge < -0.3 is 5.11 Å². The normalized spacial score (nSPS) is 21.8. The first kappa shape index (κ1) is 11.2. The Morgan fingerprint density at radius 2 is 2.07 bits per heavy atom. The van der Waals surface area contributed by atoms with Gasteiger partial charge in [0.1, 0.15) is 0 Å². The van der Waals surface area contributed by atoms with Crippen LogP contribution in [0.5, 0.6) is 0 Å². The molecule has 0 bridgehead atoms. The average molecular weight is 224 g/mol. The van der Waals surface area contributed by atoms with Crippen molar-refractivity contribution in [3.05, 3.63) is 21.9 Å². The van der Waals surface area contributed by atoms with Gasteiger partial charge in [-0.1, -0.05) is 25.7 Å². The van der Waals surface area contributed by atoms with Crippen molar-refractivity contribution in [2.24, 2.45) is 5.92 Å². The van der Waals surface area contributed by atoms with Crippen LogP contribution < -0.4 is 0 Å². The third kappa shape index (κ3) is 2.61. The minimum atomic E-state index is -0.603. The summed E-state index contributed by atoms with van der Waals surface area (Å²) >= 11 is 1.73. The van der Waals surface area contributed by atoms with Gasteiger partial charge >= 0.3 is 0 Å². The first-order chi connectivity index (χ1) is 7.08. The van der Waals surface area contributed by atoms with Gasteiger partial charge in [0.15, 0.2) is 0 Å². The molecule has 2 rings (SSSR count). The number of aliphatic hydroxyl groups is 1. The van der Waals surface area contributed by atoms with E-state index in [1.54, 1.807) is 11.3 Å². The van der Waals surface area contributed by atoms with Crippen LogP contribution in [0.25, 0.3) is 0 Å². The fraction of sp³-hybridized carbons (Fsp3) is 0.692. The maximum atomic E-state index is 10.5. The van der Waals surface area contributed by atoms with Gasteiger partial charge in [0, 0.05) is 9.75 Å². The lowest BCUT2D eigenvalue weighted by molar-refractivity contribution is 0.0344. The van der Waals surface area contributed by atoms with Crippen molar-refractivity contribution in [1.82, 2.24) is 0 Å². The van der Waals surface area contributed by atoms with E-state index in [1.165, 1.54) is 30.6 Å². The van der Waals surface area contributed by atoms with E-state index in [0.717, 1.165) is 17.2 Å². The number of hydrogen-bond acceptors (Lipinski definition) is 2. The third-order valence-electron chi connectivity index (χ3n) is 3.43. The molecule has 1 fully saturated rings.